The first-order chi connectivity index (χ1) is 8.97. The maximum atomic E-state index is 12.7. The van der Waals surface area contributed by atoms with Crippen LogP contribution >= 0.6 is 0 Å². The summed E-state index contributed by atoms with van der Waals surface area (Å²) in [6.07, 6.45) is 0. The standard InChI is InChI=1S/C13H11FO4S/c1-8-6-10(18-12(8)13(15)16)7-19(17)11-4-2-9(14)3-5-11/h2-6H,7H2,1H3,(H,15,16). The Morgan fingerprint density at radius 3 is 2.53 bits per heavy atom. The molecule has 1 aromatic heterocycles. The van der Waals surface area contributed by atoms with E-state index in [1.54, 1.807) is 13.0 Å². The van der Waals surface area contributed by atoms with Gasteiger partial charge >= 0.3 is 5.97 Å². The summed E-state index contributed by atoms with van der Waals surface area (Å²) in [5.41, 5.74) is 0.485. The maximum absolute atomic E-state index is 12.7. The number of carbonyl (C=O) groups is 1. The summed E-state index contributed by atoms with van der Waals surface area (Å²) >= 11 is 0. The van der Waals surface area contributed by atoms with Crippen molar-refractivity contribution in [2.45, 2.75) is 17.6 Å². The highest BCUT2D eigenvalue weighted by Gasteiger charge is 2.16. The Morgan fingerprint density at radius 1 is 1.37 bits per heavy atom. The van der Waals surface area contributed by atoms with Gasteiger partial charge in [0.05, 0.1) is 16.6 Å². The topological polar surface area (TPSA) is 67.5 Å². The Labute approximate surface area is 111 Å². The number of benzene rings is 1. The summed E-state index contributed by atoms with van der Waals surface area (Å²) in [6, 6.07) is 6.86. The molecule has 0 radical (unpaired) electrons. The van der Waals surface area contributed by atoms with E-state index < -0.39 is 22.6 Å². The molecule has 0 aliphatic heterocycles. The smallest absolute Gasteiger partial charge is 0.372 e. The molecule has 0 saturated carbocycles. The summed E-state index contributed by atoms with van der Waals surface area (Å²) in [6.45, 7) is 1.61. The van der Waals surface area contributed by atoms with Crippen molar-refractivity contribution in [3.63, 3.8) is 0 Å². The molecule has 1 heterocycles. The van der Waals surface area contributed by atoms with Gasteiger partial charge in [-0.05, 0) is 37.3 Å². The first kappa shape index (κ1) is 13.5. The number of rotatable bonds is 4. The van der Waals surface area contributed by atoms with E-state index >= 15 is 0 Å². The predicted octanol–water partition coefficient (Wildman–Crippen LogP) is 2.73. The van der Waals surface area contributed by atoms with Gasteiger partial charge in [-0.15, -0.1) is 0 Å². The molecule has 6 heteroatoms. The van der Waals surface area contributed by atoms with Crippen molar-refractivity contribution in [2.75, 3.05) is 0 Å². The van der Waals surface area contributed by atoms with Gasteiger partial charge in [0, 0.05) is 10.5 Å². The fourth-order valence-corrected chi connectivity index (χ4v) is 2.64. The normalized spacial score (nSPS) is 12.3. The van der Waals surface area contributed by atoms with Gasteiger partial charge in [0.1, 0.15) is 11.6 Å². The van der Waals surface area contributed by atoms with Crippen molar-refractivity contribution < 1.29 is 22.9 Å². The molecular weight excluding hydrogens is 271 g/mol. The number of hydrogen-bond donors (Lipinski definition) is 1. The number of aromatic carboxylic acids is 1. The lowest BCUT2D eigenvalue weighted by Crippen LogP contribution is -1.96. The largest absolute Gasteiger partial charge is 0.475 e. The second-order valence-electron chi connectivity index (χ2n) is 3.97. The number of furan rings is 1. The zero-order chi connectivity index (χ0) is 14.0. The molecule has 2 aromatic rings. The van der Waals surface area contributed by atoms with Crippen LogP contribution in [-0.4, -0.2) is 15.3 Å². The molecule has 1 aromatic carbocycles. The number of carboxylic acid groups (broad SMARTS) is 1. The first-order valence-electron chi connectivity index (χ1n) is 5.44. The van der Waals surface area contributed by atoms with Crippen LogP contribution in [0.15, 0.2) is 39.6 Å². The van der Waals surface area contributed by atoms with E-state index in [0.717, 1.165) is 0 Å². The molecule has 0 saturated heterocycles. The first-order valence-corrected chi connectivity index (χ1v) is 6.76. The van der Waals surface area contributed by atoms with E-state index in [2.05, 4.69) is 0 Å². The highest BCUT2D eigenvalue weighted by Crippen LogP contribution is 2.19. The third kappa shape index (κ3) is 3.08. The van der Waals surface area contributed by atoms with Gasteiger partial charge in [-0.25, -0.2) is 9.18 Å². The van der Waals surface area contributed by atoms with E-state index in [1.165, 1.54) is 24.3 Å². The summed E-state index contributed by atoms with van der Waals surface area (Å²) in [7, 11) is -1.40. The van der Waals surface area contributed by atoms with Crippen LogP contribution in [0.1, 0.15) is 21.9 Å². The molecule has 1 N–H and O–H groups in total. The van der Waals surface area contributed by atoms with Crippen molar-refractivity contribution in [1.82, 2.24) is 0 Å². The van der Waals surface area contributed by atoms with Crippen LogP contribution in [0, 0.1) is 12.7 Å². The third-order valence-corrected chi connectivity index (χ3v) is 3.86. The number of halogens is 1. The van der Waals surface area contributed by atoms with Crippen molar-refractivity contribution in [3.05, 3.63) is 53.2 Å². The Hall–Kier alpha value is -1.95. The molecular formula is C13H11FO4S. The minimum atomic E-state index is -1.40. The second-order valence-corrected chi connectivity index (χ2v) is 5.42. The van der Waals surface area contributed by atoms with Crippen molar-refractivity contribution in [3.8, 4) is 0 Å². The van der Waals surface area contributed by atoms with Crippen LogP contribution in [0.3, 0.4) is 0 Å². The minimum absolute atomic E-state index is 0.0553. The maximum Gasteiger partial charge on any atom is 0.372 e. The van der Waals surface area contributed by atoms with Gasteiger partial charge in [0.2, 0.25) is 5.76 Å². The van der Waals surface area contributed by atoms with Gasteiger partial charge in [0.15, 0.2) is 0 Å². The van der Waals surface area contributed by atoms with E-state index in [-0.39, 0.29) is 11.5 Å². The third-order valence-electron chi connectivity index (χ3n) is 2.51. The number of hydrogen-bond acceptors (Lipinski definition) is 3. The quantitative estimate of drug-likeness (QED) is 0.936. The summed E-state index contributed by atoms with van der Waals surface area (Å²) < 4.78 is 29.9. The molecule has 0 bridgehead atoms. The highest BCUT2D eigenvalue weighted by molar-refractivity contribution is 7.84. The Bertz CT molecular complexity index is 631. The number of aryl methyl sites for hydroxylation is 1. The lowest BCUT2D eigenvalue weighted by atomic mass is 10.3. The lowest BCUT2D eigenvalue weighted by Gasteiger charge is -1.99. The molecule has 2 rings (SSSR count). The monoisotopic (exact) mass is 282 g/mol. The van der Waals surface area contributed by atoms with Crippen LogP contribution in [0.4, 0.5) is 4.39 Å². The van der Waals surface area contributed by atoms with Crippen LogP contribution in [0.25, 0.3) is 0 Å². The molecule has 1 unspecified atom stereocenters. The Balaban J connectivity index is 2.17. The fourth-order valence-electron chi connectivity index (χ4n) is 1.63. The molecule has 100 valence electrons. The molecule has 4 nitrogen and oxygen atoms in total. The Kier molecular flexibility index (Phi) is 3.80. The number of carboxylic acids is 1. The molecule has 0 aliphatic rings. The fraction of sp³-hybridized carbons (Fsp3) is 0.154. The molecule has 0 fully saturated rings. The molecule has 19 heavy (non-hydrogen) atoms. The van der Waals surface area contributed by atoms with Gasteiger partial charge in [-0.1, -0.05) is 0 Å². The summed E-state index contributed by atoms with van der Waals surface area (Å²) in [5, 5.41) is 8.85. The van der Waals surface area contributed by atoms with Crippen molar-refractivity contribution in [1.29, 1.82) is 0 Å². The molecule has 0 amide bonds. The molecule has 1 atom stereocenters. The average molecular weight is 282 g/mol. The van der Waals surface area contributed by atoms with Gasteiger partial charge in [-0.2, -0.15) is 0 Å². The zero-order valence-corrected chi connectivity index (χ0v) is 10.9. The van der Waals surface area contributed by atoms with Crippen LogP contribution in [0.5, 0.6) is 0 Å². The minimum Gasteiger partial charge on any atom is -0.475 e. The van der Waals surface area contributed by atoms with Crippen LogP contribution in [-0.2, 0) is 16.6 Å². The van der Waals surface area contributed by atoms with E-state index in [9.17, 15) is 13.4 Å². The van der Waals surface area contributed by atoms with Crippen molar-refractivity contribution >= 4 is 16.8 Å². The summed E-state index contributed by atoms with van der Waals surface area (Å²) in [5.74, 6) is -1.32. The lowest BCUT2D eigenvalue weighted by molar-refractivity contribution is 0.0659. The zero-order valence-electron chi connectivity index (χ0n) is 10.1. The van der Waals surface area contributed by atoms with Crippen LogP contribution < -0.4 is 0 Å². The SMILES string of the molecule is Cc1cc(CS(=O)c2ccc(F)cc2)oc1C(=O)O. The van der Waals surface area contributed by atoms with Gasteiger partial charge in [-0.3, -0.25) is 4.21 Å². The Morgan fingerprint density at radius 2 is 2.00 bits per heavy atom. The average Bonchev–Trinajstić information content (AvgIpc) is 2.71. The second kappa shape index (κ2) is 5.36. The van der Waals surface area contributed by atoms with E-state index in [1.807, 2.05) is 0 Å². The highest BCUT2D eigenvalue weighted by atomic mass is 32.2. The molecule has 0 aliphatic carbocycles. The van der Waals surface area contributed by atoms with Gasteiger partial charge in [0.25, 0.3) is 0 Å². The van der Waals surface area contributed by atoms with Crippen LogP contribution in [0.2, 0.25) is 0 Å². The molecule has 0 spiro atoms. The van der Waals surface area contributed by atoms with Gasteiger partial charge < -0.3 is 9.52 Å². The van der Waals surface area contributed by atoms with Crippen molar-refractivity contribution in [2.24, 2.45) is 0 Å². The van der Waals surface area contributed by atoms with E-state index in [4.69, 9.17) is 9.52 Å². The summed E-state index contributed by atoms with van der Waals surface area (Å²) in [4.78, 5) is 11.3. The van der Waals surface area contributed by atoms with E-state index in [0.29, 0.717) is 16.2 Å². The predicted molar refractivity (Wildman–Crippen MR) is 66.9 cm³/mol.